The summed E-state index contributed by atoms with van der Waals surface area (Å²) in [6.07, 6.45) is 8.21. The van der Waals surface area contributed by atoms with Crippen LogP contribution >= 0.6 is 0 Å². The smallest absolute Gasteiger partial charge is 0.356 e. The zero-order valence-corrected chi connectivity index (χ0v) is 18.9. The van der Waals surface area contributed by atoms with Crippen molar-refractivity contribution in [1.82, 2.24) is 15.1 Å². The maximum absolute atomic E-state index is 14.5. The van der Waals surface area contributed by atoms with Gasteiger partial charge in [-0.25, -0.2) is 23.5 Å². The molecular weight excluding hydrogens is 458 g/mol. The standard InChI is InChI=1S/C25H24F2N4O4/c26-18-2-1-3-19(27)22(18)23-17(24(35-30-23)13-4-5-13)12-34-16-8-14-6-7-15(9-16)31(14)21-11-28-20(10-29-21)25(32)33/h1-3,10-11,13-16H,4-9,12H2,(H,32,33)/t14-,15+,16?. The molecular formula is C25H24F2N4O4. The Morgan fingerprint density at radius 1 is 1.09 bits per heavy atom. The Morgan fingerprint density at radius 3 is 2.40 bits per heavy atom. The van der Waals surface area contributed by atoms with E-state index in [0.29, 0.717) is 17.1 Å². The molecule has 35 heavy (non-hydrogen) atoms. The zero-order valence-electron chi connectivity index (χ0n) is 18.9. The van der Waals surface area contributed by atoms with Gasteiger partial charge in [-0.1, -0.05) is 11.2 Å². The van der Waals surface area contributed by atoms with E-state index in [1.807, 2.05) is 0 Å². The van der Waals surface area contributed by atoms with Crippen LogP contribution in [-0.4, -0.2) is 44.4 Å². The van der Waals surface area contributed by atoms with E-state index in [4.69, 9.17) is 14.4 Å². The number of nitrogens with zero attached hydrogens (tertiary/aromatic N) is 4. The first kappa shape index (κ1) is 22.1. The van der Waals surface area contributed by atoms with Gasteiger partial charge in [0.05, 0.1) is 30.7 Å². The van der Waals surface area contributed by atoms with E-state index in [2.05, 4.69) is 20.0 Å². The van der Waals surface area contributed by atoms with Gasteiger partial charge < -0.3 is 19.3 Å². The number of anilines is 1. The molecule has 2 aliphatic heterocycles. The maximum atomic E-state index is 14.5. The van der Waals surface area contributed by atoms with E-state index in [1.54, 1.807) is 0 Å². The third-order valence-electron chi connectivity index (χ3n) is 7.24. The second kappa shape index (κ2) is 8.67. The number of ether oxygens (including phenoxy) is 1. The number of hydrogen-bond acceptors (Lipinski definition) is 7. The van der Waals surface area contributed by atoms with Gasteiger partial charge >= 0.3 is 5.97 Å². The number of carboxylic acid groups (broad SMARTS) is 1. The van der Waals surface area contributed by atoms with E-state index in [-0.39, 0.29) is 47.7 Å². The second-order valence-electron chi connectivity index (χ2n) is 9.51. The molecule has 1 saturated carbocycles. The molecule has 2 aromatic heterocycles. The fraction of sp³-hybridized carbons (Fsp3) is 0.440. The molecule has 10 heteroatoms. The molecule has 0 spiro atoms. The van der Waals surface area contributed by atoms with E-state index in [9.17, 15) is 13.6 Å². The van der Waals surface area contributed by atoms with E-state index in [0.717, 1.165) is 38.5 Å². The summed E-state index contributed by atoms with van der Waals surface area (Å²) in [5.74, 6) is -0.903. The van der Waals surface area contributed by atoms with Gasteiger partial charge in [0, 0.05) is 23.6 Å². The highest BCUT2D eigenvalue weighted by molar-refractivity contribution is 5.84. The van der Waals surface area contributed by atoms with Gasteiger partial charge in [0.15, 0.2) is 5.69 Å². The molecule has 0 amide bonds. The minimum Gasteiger partial charge on any atom is -0.476 e. The molecule has 3 fully saturated rings. The number of carboxylic acids is 1. The molecule has 4 heterocycles. The maximum Gasteiger partial charge on any atom is 0.356 e. The Bertz CT molecular complexity index is 1230. The van der Waals surface area contributed by atoms with E-state index < -0.39 is 17.6 Å². The lowest BCUT2D eigenvalue weighted by atomic mass is 9.99. The number of fused-ring (bicyclic) bond motifs is 2. The topological polar surface area (TPSA) is 102 Å². The lowest BCUT2D eigenvalue weighted by Gasteiger charge is -2.39. The van der Waals surface area contributed by atoms with Crippen LogP contribution in [0.25, 0.3) is 11.3 Å². The highest BCUT2D eigenvalue weighted by Gasteiger charge is 2.42. The van der Waals surface area contributed by atoms with Crippen molar-refractivity contribution in [2.75, 3.05) is 4.90 Å². The summed E-state index contributed by atoms with van der Waals surface area (Å²) in [5.41, 5.74) is 0.541. The van der Waals surface area contributed by atoms with Crippen LogP contribution < -0.4 is 4.90 Å². The number of aromatic nitrogens is 3. The van der Waals surface area contributed by atoms with E-state index >= 15 is 0 Å². The van der Waals surface area contributed by atoms with Gasteiger partial charge in [-0.2, -0.15) is 0 Å². The normalized spacial score (nSPS) is 23.6. The summed E-state index contributed by atoms with van der Waals surface area (Å²) in [6, 6.07) is 4.17. The molecule has 2 saturated heterocycles. The molecule has 1 unspecified atom stereocenters. The van der Waals surface area contributed by atoms with Gasteiger partial charge in [0.1, 0.15) is 28.9 Å². The number of aromatic carboxylic acids is 1. The number of halogens is 2. The summed E-state index contributed by atoms with van der Waals surface area (Å²) in [7, 11) is 0. The van der Waals surface area contributed by atoms with Crippen LogP contribution in [0.3, 0.4) is 0 Å². The van der Waals surface area contributed by atoms with E-state index in [1.165, 1.54) is 30.6 Å². The van der Waals surface area contributed by atoms with Crippen LogP contribution in [0.1, 0.15) is 66.3 Å². The largest absolute Gasteiger partial charge is 0.476 e. The van der Waals surface area contributed by atoms with Crippen LogP contribution in [0.5, 0.6) is 0 Å². The number of rotatable bonds is 7. The Hall–Kier alpha value is -3.40. The van der Waals surface area contributed by atoms with Crippen molar-refractivity contribution in [1.29, 1.82) is 0 Å². The summed E-state index contributed by atoms with van der Waals surface area (Å²) >= 11 is 0. The van der Waals surface area contributed by atoms with Crippen molar-refractivity contribution < 1.29 is 27.9 Å². The van der Waals surface area contributed by atoms with Crippen LogP contribution in [0.15, 0.2) is 35.1 Å². The van der Waals surface area contributed by atoms with Crippen LogP contribution in [0.2, 0.25) is 0 Å². The molecule has 1 aromatic carbocycles. The first-order valence-corrected chi connectivity index (χ1v) is 11.9. The van der Waals surface area contributed by atoms with Gasteiger partial charge in [-0.05, 0) is 50.7 Å². The lowest BCUT2D eigenvalue weighted by molar-refractivity contribution is 0.0145. The molecule has 3 aromatic rings. The van der Waals surface area contributed by atoms with Crippen molar-refractivity contribution in [2.24, 2.45) is 0 Å². The van der Waals surface area contributed by atoms with Crippen molar-refractivity contribution in [3.63, 3.8) is 0 Å². The summed E-state index contributed by atoms with van der Waals surface area (Å²) in [5, 5.41) is 13.1. The van der Waals surface area contributed by atoms with Crippen LogP contribution in [0.4, 0.5) is 14.6 Å². The van der Waals surface area contributed by atoms with Gasteiger partial charge in [0.25, 0.3) is 0 Å². The molecule has 2 bridgehead atoms. The van der Waals surface area contributed by atoms with Gasteiger partial charge in [-0.3, -0.25) is 0 Å². The zero-order chi connectivity index (χ0) is 24.1. The number of piperidine rings is 1. The summed E-state index contributed by atoms with van der Waals surface area (Å²) in [4.78, 5) is 21.6. The first-order valence-electron chi connectivity index (χ1n) is 11.9. The Balaban J connectivity index is 1.19. The quantitative estimate of drug-likeness (QED) is 0.517. The Morgan fingerprint density at radius 2 is 1.80 bits per heavy atom. The summed E-state index contributed by atoms with van der Waals surface area (Å²) < 4.78 is 40.9. The molecule has 0 radical (unpaired) electrons. The third kappa shape index (κ3) is 4.05. The Kier molecular flexibility index (Phi) is 5.47. The fourth-order valence-corrected chi connectivity index (χ4v) is 5.45. The first-order chi connectivity index (χ1) is 17.0. The Labute approximate surface area is 199 Å². The molecule has 1 aliphatic carbocycles. The average molecular weight is 482 g/mol. The van der Waals surface area contributed by atoms with Gasteiger partial charge in [-0.15, -0.1) is 0 Å². The minimum atomic E-state index is -1.10. The highest BCUT2D eigenvalue weighted by atomic mass is 19.1. The number of carbonyl (C=O) groups is 1. The molecule has 3 aliphatic rings. The predicted octanol–water partition coefficient (Wildman–Crippen LogP) is 4.70. The average Bonchev–Trinajstić information content (AvgIpc) is 3.55. The molecule has 3 atom stereocenters. The van der Waals surface area contributed by atoms with Crippen LogP contribution in [0, 0.1) is 11.6 Å². The highest BCUT2D eigenvalue weighted by Crippen LogP contribution is 2.45. The second-order valence-corrected chi connectivity index (χ2v) is 9.51. The lowest BCUT2D eigenvalue weighted by Crippen LogP contribution is -2.46. The van der Waals surface area contributed by atoms with Crippen molar-refractivity contribution in [2.45, 2.75) is 69.2 Å². The van der Waals surface area contributed by atoms with Crippen molar-refractivity contribution in [3.8, 4) is 11.3 Å². The number of hydrogen-bond donors (Lipinski definition) is 1. The van der Waals surface area contributed by atoms with Crippen molar-refractivity contribution in [3.05, 3.63) is 59.2 Å². The molecule has 182 valence electrons. The van der Waals surface area contributed by atoms with Crippen LogP contribution in [-0.2, 0) is 11.3 Å². The van der Waals surface area contributed by atoms with Crippen molar-refractivity contribution >= 4 is 11.8 Å². The minimum absolute atomic E-state index is 0.0322. The molecule has 6 rings (SSSR count). The van der Waals surface area contributed by atoms with Gasteiger partial charge in [0.2, 0.25) is 0 Å². The predicted molar refractivity (Wildman–Crippen MR) is 120 cm³/mol. The number of benzene rings is 1. The SMILES string of the molecule is O=C(O)c1cnc(N2[C@@H]3CC[C@H]2CC(OCc2c(-c4c(F)cccc4F)noc2C2CC2)C3)cn1. The molecule has 8 nitrogen and oxygen atoms in total. The third-order valence-corrected chi connectivity index (χ3v) is 7.24. The monoisotopic (exact) mass is 482 g/mol. The molecule has 1 N–H and O–H groups in total. The fourth-order valence-electron chi connectivity index (χ4n) is 5.45. The summed E-state index contributed by atoms with van der Waals surface area (Å²) in [6.45, 7) is 0.176.